The highest BCUT2D eigenvalue weighted by Crippen LogP contribution is 2.24. The number of carboxylic acids is 1. The van der Waals surface area contributed by atoms with E-state index in [1.165, 1.54) is 41.7 Å². The summed E-state index contributed by atoms with van der Waals surface area (Å²) >= 11 is 0. The number of phenols is 1. The number of nitrogens with two attached hydrogens (primary N) is 3. The predicted molar refractivity (Wildman–Crippen MR) is 365 cm³/mol. The highest BCUT2D eigenvalue weighted by atomic mass is 16.4. The number of aliphatic hydroxyl groups excluding tert-OH is 1. The summed E-state index contributed by atoms with van der Waals surface area (Å²) in [4.78, 5) is 181. The fourth-order valence-corrected chi connectivity index (χ4v) is 11.7. The summed E-state index contributed by atoms with van der Waals surface area (Å²) in [6, 6.07) is 12.1. The minimum absolute atomic E-state index is 0.00213. The zero-order valence-electron chi connectivity index (χ0n) is 55.6. The molecule has 1 aliphatic rings. The summed E-state index contributed by atoms with van der Waals surface area (Å²) in [5, 5.41) is 56.3. The summed E-state index contributed by atoms with van der Waals surface area (Å²) in [6.45, 7) is 3.35. The highest BCUT2D eigenvalue weighted by molar-refractivity contribution is 6.00. The van der Waals surface area contributed by atoms with E-state index >= 15 is 9.59 Å². The van der Waals surface area contributed by atoms with E-state index < -0.39 is 145 Å². The standard InChI is InChI=1S/C68H87N17O15/c1-37(2)27-50(60(93)78-49(17-9-25-73-68(70)71)67(100)85-26-10-18-56(85)66(99)75-34-57(69)89)79-62(95)52(29-41-13-8-12-40-11-4-5-14-45(40)41)81-61(94)51(28-39-19-21-44(88)22-20-39)80-65(98)55(35-86)84-63(96)53(30-42-32-74-47-16-7-6-15-46(42)47)82-64(97)54(31-43-33-72-36-76-43)83-59(92)48(77-38(3)87)23-24-58(90)91/h4-8,11-16,19-22,32-33,36-37,48-56,74,86,88H,9-10,17-18,23-31,34-35H2,1-3H3,(H2,69,89)(H,72,76)(H,75,99)(H,77,87)(H,78,93)(H,79,95)(H,80,98)(H,81,94)(H,82,97)(H,83,92)(H,84,96)(H,90,91)(H4,70,71,73)/t48-,49-,50-,51-,52+,53-,54-,55-,56-/m0/s1. The van der Waals surface area contributed by atoms with Crippen LogP contribution in [0.4, 0.5) is 0 Å². The molecular formula is C68H87N17O15. The number of carboxylic acid groups (broad SMARTS) is 1. The maximum Gasteiger partial charge on any atom is 0.303 e. The number of benzene rings is 4. The maximum absolute atomic E-state index is 15.2. The van der Waals surface area contributed by atoms with Crippen LogP contribution >= 0.6 is 0 Å². The van der Waals surface area contributed by atoms with Gasteiger partial charge >= 0.3 is 5.97 Å². The van der Waals surface area contributed by atoms with Crippen LogP contribution in [0.15, 0.2) is 115 Å². The van der Waals surface area contributed by atoms with Gasteiger partial charge in [0.25, 0.3) is 0 Å². The first-order valence-electron chi connectivity index (χ1n) is 32.7. The molecule has 2 aromatic heterocycles. The van der Waals surface area contributed by atoms with Crippen LogP contribution in [0, 0.1) is 5.92 Å². The molecule has 1 fully saturated rings. The Morgan fingerprint density at radius 1 is 0.620 bits per heavy atom. The summed E-state index contributed by atoms with van der Waals surface area (Å²) in [5.74, 6) is -11.3. The Balaban J connectivity index is 1.18. The van der Waals surface area contributed by atoms with Crippen molar-refractivity contribution < 1.29 is 72.9 Å². The van der Waals surface area contributed by atoms with Crippen molar-refractivity contribution in [2.24, 2.45) is 28.1 Å². The topological polar surface area (TPSA) is 512 Å². The van der Waals surface area contributed by atoms with Crippen LogP contribution in [0.25, 0.3) is 21.7 Å². The van der Waals surface area contributed by atoms with Crippen molar-refractivity contribution >= 4 is 98.6 Å². The van der Waals surface area contributed by atoms with Crippen molar-refractivity contribution in [3.63, 3.8) is 0 Å². The number of aromatic hydroxyl groups is 1. The zero-order chi connectivity index (χ0) is 72.6. The number of likely N-dealkylation sites (tertiary alicyclic amines) is 1. The molecule has 0 spiro atoms. The number of rotatable bonds is 37. The Hall–Kier alpha value is -11.4. The van der Waals surface area contributed by atoms with Crippen molar-refractivity contribution in [2.45, 2.75) is 146 Å². The van der Waals surface area contributed by atoms with Crippen molar-refractivity contribution in [3.8, 4) is 5.75 Å². The van der Waals surface area contributed by atoms with Crippen LogP contribution in [0.3, 0.4) is 0 Å². The summed E-state index contributed by atoms with van der Waals surface area (Å²) in [5.41, 5.74) is 18.8. The number of phenolic OH excluding ortho intramolecular Hbond substituents is 1. The number of carbonyl (C=O) groups excluding carboxylic acids is 11. The SMILES string of the molecule is CC(=O)N[C@@H](CCC(=O)O)C(=O)N[C@@H](Cc1c[nH]cn1)C(=O)N[C@@H](Cc1c[nH]c2ccccc12)C(=O)N[C@@H](CO)C(=O)N[C@@H](Cc1ccc(O)cc1)C(=O)N[C@H](Cc1cccc2ccccc12)C(=O)N[C@@H](CC(C)C)C(=O)N[C@@H](CCCN=C(N)N)C(=O)N1CCC[C@H]1C(=O)NCC(N)=O. The van der Waals surface area contributed by atoms with Gasteiger partial charge in [-0.1, -0.05) is 86.6 Å². The lowest BCUT2D eigenvalue weighted by Crippen LogP contribution is -2.61. The van der Waals surface area contributed by atoms with Crippen molar-refractivity contribution in [1.29, 1.82) is 0 Å². The fourth-order valence-electron chi connectivity index (χ4n) is 11.7. The van der Waals surface area contributed by atoms with Gasteiger partial charge in [0.15, 0.2) is 5.96 Å². The molecule has 32 heteroatoms. The van der Waals surface area contributed by atoms with Gasteiger partial charge in [-0.25, -0.2) is 4.98 Å². The van der Waals surface area contributed by atoms with E-state index in [9.17, 15) is 63.3 Å². The lowest BCUT2D eigenvalue weighted by Gasteiger charge is -2.30. The number of imidazole rings is 1. The zero-order valence-corrected chi connectivity index (χ0v) is 55.6. The first kappa shape index (κ1) is 75.9. The average molecular weight is 1380 g/mol. The number of guanidine groups is 1. The van der Waals surface area contributed by atoms with Gasteiger partial charge in [0.1, 0.15) is 60.1 Å². The molecule has 4 aromatic carbocycles. The minimum atomic E-state index is -1.86. The molecule has 9 atom stereocenters. The molecule has 3 heterocycles. The molecule has 20 N–H and O–H groups in total. The minimum Gasteiger partial charge on any atom is -0.508 e. The van der Waals surface area contributed by atoms with Crippen LogP contribution < -0.4 is 65.1 Å². The number of aliphatic hydroxyl groups is 1. The normalized spacial score (nSPS) is 15.1. The second-order valence-corrected chi connectivity index (χ2v) is 24.8. The van der Waals surface area contributed by atoms with Gasteiger partial charge in [-0.3, -0.25) is 62.5 Å². The third-order valence-corrected chi connectivity index (χ3v) is 16.6. The molecule has 1 saturated heterocycles. The van der Waals surface area contributed by atoms with Gasteiger partial charge in [0.2, 0.25) is 65.0 Å². The summed E-state index contributed by atoms with van der Waals surface area (Å²) in [7, 11) is 0. The van der Waals surface area contributed by atoms with Crippen molar-refractivity contribution in [3.05, 3.63) is 132 Å². The molecule has 0 radical (unpaired) electrons. The first-order valence-corrected chi connectivity index (χ1v) is 32.7. The molecule has 100 heavy (non-hydrogen) atoms. The quantitative estimate of drug-likeness (QED) is 0.0119. The van der Waals surface area contributed by atoms with Crippen molar-refractivity contribution in [2.75, 3.05) is 26.2 Å². The van der Waals surface area contributed by atoms with Gasteiger partial charge in [-0.05, 0) is 90.1 Å². The largest absolute Gasteiger partial charge is 0.508 e. The smallest absolute Gasteiger partial charge is 0.303 e. The Labute approximate surface area is 575 Å². The second kappa shape index (κ2) is 36.8. The number of aromatic amines is 2. The fraction of sp³-hybridized carbons (Fsp3) is 0.412. The van der Waals surface area contributed by atoms with Gasteiger partial charge in [-0.15, -0.1) is 0 Å². The van der Waals surface area contributed by atoms with Gasteiger partial charge in [-0.2, -0.15) is 0 Å². The maximum atomic E-state index is 15.2. The van der Waals surface area contributed by atoms with E-state index in [0.717, 1.165) is 12.3 Å². The van der Waals surface area contributed by atoms with E-state index in [4.69, 9.17) is 17.2 Å². The third-order valence-electron chi connectivity index (χ3n) is 16.6. The molecule has 32 nitrogen and oxygen atoms in total. The lowest BCUT2D eigenvalue weighted by molar-refractivity contribution is -0.142. The molecule has 534 valence electrons. The second-order valence-electron chi connectivity index (χ2n) is 24.8. The van der Waals surface area contributed by atoms with Gasteiger partial charge < -0.3 is 95.2 Å². The van der Waals surface area contributed by atoms with Crippen molar-refractivity contribution in [1.82, 2.24) is 67.7 Å². The average Bonchev–Trinajstić information content (AvgIpc) is 1.41. The molecule has 7 rings (SSSR count). The molecule has 11 amide bonds. The highest BCUT2D eigenvalue weighted by Gasteiger charge is 2.40. The molecule has 0 aliphatic carbocycles. The summed E-state index contributed by atoms with van der Waals surface area (Å²) < 4.78 is 0. The number of hydrogen-bond acceptors (Lipinski definition) is 16. The number of hydrogen-bond donors (Lipinski definition) is 17. The van der Waals surface area contributed by atoms with Crippen LogP contribution in [0.1, 0.15) is 88.1 Å². The summed E-state index contributed by atoms with van der Waals surface area (Å²) in [6.07, 6.45) is 3.25. The number of aliphatic imine (C=N–C) groups is 1. The van der Waals surface area contributed by atoms with Gasteiger partial charge in [0, 0.05) is 75.4 Å². The Morgan fingerprint density at radius 3 is 1.79 bits per heavy atom. The number of aliphatic carboxylic acids is 1. The van der Waals surface area contributed by atoms with Crippen LogP contribution in [0.5, 0.6) is 5.75 Å². The number of para-hydroxylation sites is 1. The van der Waals surface area contributed by atoms with E-state index in [2.05, 4.69) is 67.8 Å². The van der Waals surface area contributed by atoms with Crippen LogP contribution in [0.2, 0.25) is 0 Å². The predicted octanol–water partition coefficient (Wildman–Crippen LogP) is -1.53. The van der Waals surface area contributed by atoms with Gasteiger partial charge in [0.05, 0.1) is 25.2 Å². The first-order chi connectivity index (χ1) is 47.8. The Bertz CT molecular complexity index is 3910. The molecule has 6 aromatic rings. The monoisotopic (exact) mass is 1380 g/mol. The molecule has 0 saturated carbocycles. The van der Waals surface area contributed by atoms with E-state index in [1.54, 1.807) is 62.5 Å². The molecule has 0 bridgehead atoms. The Kier molecular flexibility index (Phi) is 27.9. The molecule has 1 aliphatic heterocycles. The number of aromatic nitrogens is 3. The van der Waals surface area contributed by atoms with Crippen LogP contribution in [-0.4, -0.2) is 193 Å². The third kappa shape index (κ3) is 22.6. The molecular weight excluding hydrogens is 1290 g/mol. The number of amides is 11. The van der Waals surface area contributed by atoms with E-state index in [-0.39, 0.29) is 94.2 Å². The number of nitrogens with one attached hydrogen (secondary N) is 11. The van der Waals surface area contributed by atoms with Crippen LogP contribution in [-0.2, 0) is 83.2 Å². The number of carbonyl (C=O) groups is 12. The number of fused-ring (bicyclic) bond motifs is 2. The molecule has 0 unspecified atom stereocenters. The number of primary amides is 1. The number of nitrogens with zero attached hydrogens (tertiary/aromatic N) is 3. The van der Waals surface area contributed by atoms with E-state index in [1.807, 2.05) is 24.3 Å². The Morgan fingerprint density at radius 2 is 1.18 bits per heavy atom. The number of H-pyrrole nitrogens is 2. The lowest BCUT2D eigenvalue weighted by atomic mass is 9.96. The van der Waals surface area contributed by atoms with E-state index in [0.29, 0.717) is 39.4 Å².